The third-order valence-corrected chi connectivity index (χ3v) is 3.94. The molecule has 0 saturated carbocycles. The highest BCUT2D eigenvalue weighted by atomic mass is 16.5. The largest absolute Gasteiger partial charge is 0.450 e. The van der Waals surface area contributed by atoms with Crippen LogP contribution in [0, 0.1) is 0 Å². The summed E-state index contributed by atoms with van der Waals surface area (Å²) in [5.74, 6) is -0.446. The molecule has 7 heteroatoms. The van der Waals surface area contributed by atoms with Gasteiger partial charge >= 0.3 is 6.09 Å². The second-order valence-electron chi connectivity index (χ2n) is 5.24. The second kappa shape index (κ2) is 5.94. The zero-order valence-electron chi connectivity index (χ0n) is 12.1. The predicted molar refractivity (Wildman–Crippen MR) is 75.7 cm³/mol. The number of nitrogens with one attached hydrogen (secondary N) is 1. The van der Waals surface area contributed by atoms with Crippen LogP contribution in [0.5, 0.6) is 0 Å². The highest BCUT2D eigenvalue weighted by Crippen LogP contribution is 2.37. The molecule has 0 aromatic heterocycles. The Hall–Kier alpha value is -2.12. The molecule has 1 aromatic carbocycles. The van der Waals surface area contributed by atoms with E-state index in [9.17, 15) is 14.7 Å². The Morgan fingerprint density at radius 2 is 2.18 bits per heavy atom. The number of benzene rings is 1. The van der Waals surface area contributed by atoms with Crippen molar-refractivity contribution in [3.05, 3.63) is 35.9 Å². The number of aliphatic hydroxyl groups is 1. The first-order chi connectivity index (χ1) is 10.6. The average Bonchev–Trinajstić information content (AvgIpc) is 3.05. The Bertz CT molecular complexity index is 564. The molecule has 118 valence electrons. The number of carbonyl (C=O) groups excluding carboxylic acids is 2. The molecule has 2 amide bonds. The topological polar surface area (TPSA) is 88.1 Å². The standard InChI is InChI=1S/C15H18N2O5/c1-2-21-15(20)16-11-10-8-22-14(9-6-4-3-5-7-9)17(10)13(19)12(11)18/h3-7,10-12,14,18H,2,8H2,1H3,(H,16,20). The van der Waals surface area contributed by atoms with Gasteiger partial charge in [0.1, 0.15) is 0 Å². The van der Waals surface area contributed by atoms with Crippen LogP contribution in [0.25, 0.3) is 0 Å². The molecule has 7 nitrogen and oxygen atoms in total. The third-order valence-electron chi connectivity index (χ3n) is 3.94. The monoisotopic (exact) mass is 306 g/mol. The van der Waals surface area contributed by atoms with Gasteiger partial charge in [-0.3, -0.25) is 4.79 Å². The fourth-order valence-corrected chi connectivity index (χ4v) is 2.96. The number of hydrogen-bond acceptors (Lipinski definition) is 5. The van der Waals surface area contributed by atoms with Crippen molar-refractivity contribution in [2.24, 2.45) is 0 Å². The molecule has 2 fully saturated rings. The van der Waals surface area contributed by atoms with Crippen LogP contribution < -0.4 is 5.32 Å². The molecular weight excluding hydrogens is 288 g/mol. The van der Waals surface area contributed by atoms with E-state index in [2.05, 4.69) is 5.32 Å². The van der Waals surface area contributed by atoms with Gasteiger partial charge in [-0.05, 0) is 6.92 Å². The lowest BCUT2D eigenvalue weighted by Gasteiger charge is -2.23. The lowest BCUT2D eigenvalue weighted by molar-refractivity contribution is -0.141. The van der Waals surface area contributed by atoms with E-state index in [0.29, 0.717) is 0 Å². The van der Waals surface area contributed by atoms with Crippen LogP contribution in [0.1, 0.15) is 18.7 Å². The van der Waals surface area contributed by atoms with Crippen molar-refractivity contribution in [3.8, 4) is 0 Å². The van der Waals surface area contributed by atoms with Crippen LogP contribution in [0.2, 0.25) is 0 Å². The van der Waals surface area contributed by atoms with Crippen LogP contribution in [-0.2, 0) is 14.3 Å². The van der Waals surface area contributed by atoms with Gasteiger partial charge in [0.05, 0.1) is 25.3 Å². The number of amides is 2. The highest BCUT2D eigenvalue weighted by molar-refractivity contribution is 5.86. The van der Waals surface area contributed by atoms with Crippen LogP contribution in [-0.4, -0.2) is 53.4 Å². The summed E-state index contributed by atoms with van der Waals surface area (Å²) in [5.41, 5.74) is 0.835. The molecule has 1 aromatic rings. The van der Waals surface area contributed by atoms with Gasteiger partial charge in [0.15, 0.2) is 12.3 Å². The SMILES string of the molecule is CCOC(=O)NC1C(O)C(=O)N2C(c3ccccc3)OCC12. The van der Waals surface area contributed by atoms with Crippen molar-refractivity contribution in [1.29, 1.82) is 0 Å². The predicted octanol–water partition coefficient (Wildman–Crippen LogP) is 0.402. The maximum atomic E-state index is 12.3. The van der Waals surface area contributed by atoms with Crippen molar-refractivity contribution in [2.75, 3.05) is 13.2 Å². The van der Waals surface area contributed by atoms with Crippen LogP contribution in [0.15, 0.2) is 30.3 Å². The van der Waals surface area contributed by atoms with E-state index in [1.54, 1.807) is 6.92 Å². The summed E-state index contributed by atoms with van der Waals surface area (Å²) in [6.07, 6.45) is -2.48. The van der Waals surface area contributed by atoms with Crippen molar-refractivity contribution in [2.45, 2.75) is 31.3 Å². The molecule has 3 rings (SSSR count). The molecule has 0 aliphatic carbocycles. The third kappa shape index (κ3) is 2.42. The van der Waals surface area contributed by atoms with Crippen molar-refractivity contribution in [1.82, 2.24) is 10.2 Å². The number of alkyl carbamates (subject to hydrolysis) is 1. The van der Waals surface area contributed by atoms with Gasteiger partial charge in [0.25, 0.3) is 5.91 Å². The summed E-state index contributed by atoms with van der Waals surface area (Å²) in [6, 6.07) is 8.17. The summed E-state index contributed by atoms with van der Waals surface area (Å²) in [4.78, 5) is 25.4. The molecule has 22 heavy (non-hydrogen) atoms. The molecule has 4 atom stereocenters. The summed E-state index contributed by atoms with van der Waals surface area (Å²) >= 11 is 0. The number of fused-ring (bicyclic) bond motifs is 1. The maximum Gasteiger partial charge on any atom is 0.407 e. The number of ether oxygens (including phenoxy) is 2. The fraction of sp³-hybridized carbons (Fsp3) is 0.467. The quantitative estimate of drug-likeness (QED) is 0.844. The van der Waals surface area contributed by atoms with E-state index in [1.807, 2.05) is 30.3 Å². The molecule has 2 aliphatic rings. The molecule has 4 unspecified atom stereocenters. The Balaban J connectivity index is 1.80. The number of rotatable bonds is 3. The minimum atomic E-state index is -1.29. The zero-order chi connectivity index (χ0) is 15.7. The first kappa shape index (κ1) is 14.8. The van der Waals surface area contributed by atoms with Gasteiger partial charge in [-0.15, -0.1) is 0 Å². The molecule has 2 heterocycles. The van der Waals surface area contributed by atoms with E-state index < -0.39 is 36.4 Å². The van der Waals surface area contributed by atoms with Gasteiger partial charge in [0.2, 0.25) is 0 Å². The molecule has 2 saturated heterocycles. The Morgan fingerprint density at radius 1 is 1.45 bits per heavy atom. The summed E-state index contributed by atoms with van der Waals surface area (Å²) in [5, 5.41) is 12.7. The van der Waals surface area contributed by atoms with E-state index in [-0.39, 0.29) is 13.2 Å². The minimum Gasteiger partial charge on any atom is -0.450 e. The first-order valence-corrected chi connectivity index (χ1v) is 7.23. The zero-order valence-corrected chi connectivity index (χ0v) is 12.1. The van der Waals surface area contributed by atoms with Gasteiger partial charge in [-0.25, -0.2) is 4.79 Å². The maximum absolute atomic E-state index is 12.3. The molecule has 2 N–H and O–H groups in total. The van der Waals surface area contributed by atoms with Gasteiger partial charge in [0, 0.05) is 5.56 Å². The summed E-state index contributed by atoms with van der Waals surface area (Å²) in [7, 11) is 0. The summed E-state index contributed by atoms with van der Waals surface area (Å²) < 4.78 is 10.5. The Morgan fingerprint density at radius 3 is 2.86 bits per heavy atom. The Labute approximate surface area is 127 Å². The molecule has 0 spiro atoms. The highest BCUT2D eigenvalue weighted by Gasteiger charge is 2.54. The first-order valence-electron chi connectivity index (χ1n) is 7.23. The minimum absolute atomic E-state index is 0.222. The lowest BCUT2D eigenvalue weighted by Crippen LogP contribution is -2.48. The molecule has 2 aliphatic heterocycles. The number of aliphatic hydroxyl groups excluding tert-OH is 1. The second-order valence-corrected chi connectivity index (χ2v) is 5.24. The molecule has 0 radical (unpaired) electrons. The summed E-state index contributed by atoms with van der Waals surface area (Å²) in [6.45, 7) is 2.16. The number of carbonyl (C=O) groups is 2. The van der Waals surface area contributed by atoms with E-state index in [4.69, 9.17) is 9.47 Å². The molecular formula is C15H18N2O5. The van der Waals surface area contributed by atoms with E-state index in [0.717, 1.165) is 5.56 Å². The molecule has 0 bridgehead atoms. The average molecular weight is 306 g/mol. The van der Waals surface area contributed by atoms with E-state index >= 15 is 0 Å². The fourth-order valence-electron chi connectivity index (χ4n) is 2.96. The van der Waals surface area contributed by atoms with Crippen LogP contribution in [0.4, 0.5) is 4.79 Å². The van der Waals surface area contributed by atoms with Crippen LogP contribution in [0.3, 0.4) is 0 Å². The number of nitrogens with zero attached hydrogens (tertiary/aromatic N) is 1. The van der Waals surface area contributed by atoms with Crippen LogP contribution >= 0.6 is 0 Å². The van der Waals surface area contributed by atoms with E-state index in [1.165, 1.54) is 4.90 Å². The smallest absolute Gasteiger partial charge is 0.407 e. The van der Waals surface area contributed by atoms with Gasteiger partial charge in [-0.1, -0.05) is 30.3 Å². The van der Waals surface area contributed by atoms with Gasteiger partial charge < -0.3 is 24.8 Å². The number of hydrogen-bond donors (Lipinski definition) is 2. The van der Waals surface area contributed by atoms with Crippen molar-refractivity contribution in [3.63, 3.8) is 0 Å². The lowest BCUT2D eigenvalue weighted by atomic mass is 10.1. The van der Waals surface area contributed by atoms with Crippen molar-refractivity contribution < 1.29 is 24.2 Å². The normalized spacial score (nSPS) is 30.3. The van der Waals surface area contributed by atoms with Crippen molar-refractivity contribution >= 4 is 12.0 Å². The van der Waals surface area contributed by atoms with Gasteiger partial charge in [-0.2, -0.15) is 0 Å². The Kier molecular flexibility index (Phi) is 4.00.